The van der Waals surface area contributed by atoms with Crippen molar-refractivity contribution in [2.45, 2.75) is 59.6 Å². The molecule has 0 unspecified atom stereocenters. The normalized spacial score (nSPS) is 15.4. The molecule has 3 aromatic heterocycles. The van der Waals surface area contributed by atoms with Gasteiger partial charge >= 0.3 is 6.09 Å². The van der Waals surface area contributed by atoms with Crippen molar-refractivity contribution in [2.24, 2.45) is 7.05 Å². The summed E-state index contributed by atoms with van der Waals surface area (Å²) in [5.74, 6) is -0.700. The summed E-state index contributed by atoms with van der Waals surface area (Å²) in [6.45, 7) is 11.3. The topological polar surface area (TPSA) is 91.0 Å². The quantitative estimate of drug-likeness (QED) is 0.232. The van der Waals surface area contributed by atoms with Crippen molar-refractivity contribution in [3.63, 3.8) is 0 Å². The van der Waals surface area contributed by atoms with Crippen LogP contribution in [0.3, 0.4) is 0 Å². The largest absolute Gasteiger partial charge is 0.444 e. The lowest BCUT2D eigenvalue weighted by Gasteiger charge is -2.34. The van der Waals surface area contributed by atoms with Gasteiger partial charge in [0.05, 0.1) is 34.5 Å². The summed E-state index contributed by atoms with van der Waals surface area (Å²) in [5, 5.41) is 19.3. The lowest BCUT2D eigenvalue weighted by molar-refractivity contribution is 0.0160. The predicted octanol–water partition coefficient (Wildman–Crippen LogP) is 6.69. The summed E-state index contributed by atoms with van der Waals surface area (Å²) in [6, 6.07) is 6.55. The fourth-order valence-electron chi connectivity index (χ4n) is 5.47. The van der Waals surface area contributed by atoms with Gasteiger partial charge in [-0.3, -0.25) is 4.68 Å². The number of hydrogen-bond donors (Lipinski definition) is 0. The Morgan fingerprint density at radius 1 is 1.07 bits per heavy atom. The van der Waals surface area contributed by atoms with Crippen LogP contribution >= 0.6 is 11.3 Å². The molecule has 2 aromatic carbocycles. The number of nitrogens with zero attached hydrogens (tertiary/aromatic N) is 7. The molecule has 0 fully saturated rings. The first kappa shape index (κ1) is 28.0. The number of halogens is 2. The lowest BCUT2D eigenvalue weighted by atomic mass is 9.98. The molecule has 6 rings (SSSR count). The van der Waals surface area contributed by atoms with Crippen molar-refractivity contribution in [1.29, 1.82) is 0 Å². The third kappa shape index (κ3) is 4.63. The molecule has 5 aromatic rings. The van der Waals surface area contributed by atoms with E-state index in [0.29, 0.717) is 62.0 Å². The Bertz CT molecular complexity index is 1840. The Balaban J connectivity index is 1.51. The first-order valence-corrected chi connectivity index (χ1v) is 14.5. The zero-order chi connectivity index (χ0) is 30.1. The molecule has 0 N–H and O–H groups in total. The highest BCUT2D eigenvalue weighted by Gasteiger charge is 2.37. The van der Waals surface area contributed by atoms with Gasteiger partial charge in [0.2, 0.25) is 0 Å². The molecule has 1 aliphatic rings. The number of benzene rings is 2. The Labute approximate surface area is 245 Å². The molecule has 1 aliphatic heterocycles. The molecule has 0 spiro atoms. The van der Waals surface area contributed by atoms with Gasteiger partial charge in [0, 0.05) is 31.1 Å². The predicted molar refractivity (Wildman–Crippen MR) is 157 cm³/mol. The van der Waals surface area contributed by atoms with E-state index in [1.54, 1.807) is 59.4 Å². The van der Waals surface area contributed by atoms with Gasteiger partial charge in [-0.2, -0.15) is 10.2 Å². The van der Waals surface area contributed by atoms with Gasteiger partial charge in [-0.1, -0.05) is 11.3 Å². The Kier molecular flexibility index (Phi) is 6.64. The average molecular weight is 592 g/mol. The van der Waals surface area contributed by atoms with Crippen LogP contribution in [0.1, 0.15) is 56.1 Å². The number of hydrogen-bond acceptors (Lipinski definition) is 7. The van der Waals surface area contributed by atoms with Crippen LogP contribution in [-0.2, 0) is 18.2 Å². The van der Waals surface area contributed by atoms with Crippen LogP contribution < -0.4 is 0 Å². The number of aromatic nitrogens is 6. The smallest absolute Gasteiger partial charge is 0.410 e. The minimum atomic E-state index is -0.652. The SMILES string of the molecule is Cc1cc(-n2nc3c(c2-c2nnc(-c4ccc5c(cnn5C)c4F)s2)[C@H](C)N(C(=O)OC(C)(C)C)CC3)cc(C)c1F. The summed E-state index contributed by atoms with van der Waals surface area (Å²) in [6.07, 6.45) is 1.57. The van der Waals surface area contributed by atoms with E-state index in [9.17, 15) is 9.18 Å². The average Bonchev–Trinajstić information content (AvgIpc) is 3.64. The maximum atomic E-state index is 15.6. The number of aryl methyl sites for hydroxylation is 3. The van der Waals surface area contributed by atoms with Gasteiger partial charge in [0.1, 0.15) is 22.9 Å². The van der Waals surface area contributed by atoms with Crippen molar-refractivity contribution in [1.82, 2.24) is 34.7 Å². The molecule has 0 saturated heterocycles. The van der Waals surface area contributed by atoms with Crippen LogP contribution in [0.25, 0.3) is 37.9 Å². The molecule has 1 atom stereocenters. The maximum absolute atomic E-state index is 15.6. The number of rotatable bonds is 3. The van der Waals surface area contributed by atoms with E-state index < -0.39 is 23.6 Å². The Morgan fingerprint density at radius 2 is 1.76 bits per heavy atom. The first-order valence-electron chi connectivity index (χ1n) is 13.7. The molecule has 42 heavy (non-hydrogen) atoms. The Hall–Kier alpha value is -4.19. The highest BCUT2D eigenvalue weighted by Crippen LogP contribution is 2.42. The highest BCUT2D eigenvalue weighted by atomic mass is 32.1. The molecule has 0 aliphatic carbocycles. The van der Waals surface area contributed by atoms with E-state index >= 15 is 4.39 Å². The molecular weight excluding hydrogens is 560 g/mol. The standard InChI is InChI=1S/C30H31F2N7O2S/c1-15-12-18(13-16(2)24(15)31)39-26(23-17(3)38(11-10-21(23)36-39)29(40)41-30(4,5)6)28-35-34-27(42-28)19-8-9-22-20(25(19)32)14-33-37(22)7/h8-9,12-14,17H,10-11H2,1-7H3/t17-/m0/s1. The van der Waals surface area contributed by atoms with Crippen molar-refractivity contribution in [2.75, 3.05) is 6.54 Å². The van der Waals surface area contributed by atoms with Gasteiger partial charge in [-0.05, 0) is 76.9 Å². The van der Waals surface area contributed by atoms with Gasteiger partial charge < -0.3 is 9.64 Å². The van der Waals surface area contributed by atoms with Gasteiger partial charge in [-0.25, -0.2) is 18.3 Å². The van der Waals surface area contributed by atoms with Crippen LogP contribution in [0.15, 0.2) is 30.5 Å². The van der Waals surface area contributed by atoms with E-state index in [2.05, 4.69) is 15.3 Å². The number of fused-ring (bicyclic) bond motifs is 2. The Morgan fingerprint density at radius 3 is 2.45 bits per heavy atom. The summed E-state index contributed by atoms with van der Waals surface area (Å²) in [4.78, 5) is 14.9. The maximum Gasteiger partial charge on any atom is 0.410 e. The lowest BCUT2D eigenvalue weighted by Crippen LogP contribution is -2.42. The van der Waals surface area contributed by atoms with E-state index in [0.717, 1.165) is 11.3 Å². The molecule has 0 radical (unpaired) electrons. The first-order chi connectivity index (χ1) is 19.8. The third-order valence-corrected chi connectivity index (χ3v) is 8.45. The van der Waals surface area contributed by atoms with Gasteiger partial charge in [-0.15, -0.1) is 10.2 Å². The second-order valence-electron chi connectivity index (χ2n) is 11.7. The minimum Gasteiger partial charge on any atom is -0.444 e. The van der Waals surface area contributed by atoms with Crippen LogP contribution in [0.5, 0.6) is 0 Å². The molecule has 1 amide bonds. The van der Waals surface area contributed by atoms with Crippen molar-refractivity contribution in [3.8, 4) is 27.0 Å². The van der Waals surface area contributed by atoms with Crippen molar-refractivity contribution >= 4 is 28.3 Å². The number of carbonyl (C=O) groups excluding carboxylic acids is 1. The highest BCUT2D eigenvalue weighted by molar-refractivity contribution is 7.17. The fourth-order valence-corrected chi connectivity index (χ4v) is 6.38. The summed E-state index contributed by atoms with van der Waals surface area (Å²) in [7, 11) is 1.76. The van der Waals surface area contributed by atoms with E-state index in [1.807, 2.05) is 27.7 Å². The van der Waals surface area contributed by atoms with Crippen LogP contribution in [0.4, 0.5) is 13.6 Å². The van der Waals surface area contributed by atoms with E-state index in [1.165, 1.54) is 17.5 Å². The molecule has 0 bridgehead atoms. The fraction of sp³-hybridized carbons (Fsp3) is 0.367. The molecule has 12 heteroatoms. The summed E-state index contributed by atoms with van der Waals surface area (Å²) >= 11 is 1.23. The zero-order valence-corrected chi connectivity index (χ0v) is 25.3. The van der Waals surface area contributed by atoms with E-state index in [-0.39, 0.29) is 5.82 Å². The molecule has 4 heterocycles. The third-order valence-electron chi connectivity index (χ3n) is 7.49. The van der Waals surface area contributed by atoms with Gasteiger partial charge in [0.25, 0.3) is 0 Å². The van der Waals surface area contributed by atoms with Crippen LogP contribution in [0, 0.1) is 25.5 Å². The molecule has 218 valence electrons. The second kappa shape index (κ2) is 9.97. The van der Waals surface area contributed by atoms with Crippen LogP contribution in [-0.4, -0.2) is 52.9 Å². The minimum absolute atomic E-state index is 0.277. The molecule has 0 saturated carbocycles. The summed E-state index contributed by atoms with van der Waals surface area (Å²) in [5.41, 5.74) is 4.20. The summed E-state index contributed by atoms with van der Waals surface area (Å²) < 4.78 is 39.2. The monoisotopic (exact) mass is 591 g/mol. The number of amides is 1. The second-order valence-corrected chi connectivity index (χ2v) is 12.6. The molecular formula is C30H31F2N7O2S. The number of ether oxygens (including phenoxy) is 1. The van der Waals surface area contributed by atoms with Gasteiger partial charge in [0.15, 0.2) is 10.0 Å². The van der Waals surface area contributed by atoms with Crippen molar-refractivity contribution < 1.29 is 18.3 Å². The molecule has 9 nitrogen and oxygen atoms in total. The van der Waals surface area contributed by atoms with E-state index in [4.69, 9.17) is 9.84 Å². The van der Waals surface area contributed by atoms with Crippen LogP contribution in [0.2, 0.25) is 0 Å². The number of carbonyl (C=O) groups is 1. The zero-order valence-electron chi connectivity index (χ0n) is 24.5. The van der Waals surface area contributed by atoms with Crippen molar-refractivity contribution in [3.05, 3.63) is 64.5 Å².